The summed E-state index contributed by atoms with van der Waals surface area (Å²) in [7, 11) is 0. The molecule has 56 valence electrons. The largest absolute Gasteiger partial charge is 0.277 e. The molecule has 2 nitrogen and oxygen atoms in total. The van der Waals surface area contributed by atoms with Gasteiger partial charge in [-0.3, -0.25) is 4.40 Å². The lowest BCUT2D eigenvalue weighted by Crippen LogP contribution is -1.84. The normalized spacial score (nSPS) is 10.7. The number of hydrogen-bond acceptors (Lipinski definition) is 1. The second-order valence-corrected chi connectivity index (χ2v) is 3.32. The van der Waals surface area contributed by atoms with Gasteiger partial charge in [0.2, 0.25) is 0 Å². The smallest absolute Gasteiger partial charge is 0.138 e. The highest BCUT2D eigenvalue weighted by atomic mass is 79.9. The molecule has 2 heterocycles. The SMILES string of the molecule is Clc1cnc2cccc(Br)n12. The van der Waals surface area contributed by atoms with E-state index in [1.807, 2.05) is 22.6 Å². The monoisotopic (exact) mass is 230 g/mol. The predicted octanol–water partition coefficient (Wildman–Crippen LogP) is 2.75. The number of imidazole rings is 1. The summed E-state index contributed by atoms with van der Waals surface area (Å²) in [6.07, 6.45) is 1.63. The molecule has 4 heteroatoms. The molecule has 0 fully saturated rings. The Bertz CT molecular complexity index is 396. The van der Waals surface area contributed by atoms with Crippen LogP contribution in [0.15, 0.2) is 29.0 Å². The molecule has 0 radical (unpaired) electrons. The number of aromatic nitrogens is 2. The van der Waals surface area contributed by atoms with Gasteiger partial charge in [0, 0.05) is 0 Å². The molecule has 0 saturated carbocycles. The Balaban J connectivity index is 2.96. The third-order valence-corrected chi connectivity index (χ3v) is 2.32. The summed E-state index contributed by atoms with van der Waals surface area (Å²) in [5.74, 6) is 0. The highest BCUT2D eigenvalue weighted by Gasteiger charge is 2.01. The van der Waals surface area contributed by atoms with Crippen LogP contribution in [-0.4, -0.2) is 9.38 Å². The number of fused-ring (bicyclic) bond motifs is 1. The molecule has 11 heavy (non-hydrogen) atoms. The molecule has 0 aliphatic carbocycles. The van der Waals surface area contributed by atoms with Crippen LogP contribution in [-0.2, 0) is 0 Å². The topological polar surface area (TPSA) is 17.3 Å². The maximum Gasteiger partial charge on any atom is 0.138 e. The third kappa shape index (κ3) is 1.04. The Labute approximate surface area is 76.9 Å². The average molecular weight is 231 g/mol. The van der Waals surface area contributed by atoms with Crippen LogP contribution >= 0.6 is 27.5 Å². The van der Waals surface area contributed by atoms with E-state index in [0.29, 0.717) is 5.15 Å². The van der Waals surface area contributed by atoms with E-state index in [1.165, 1.54) is 0 Å². The number of rotatable bonds is 0. The van der Waals surface area contributed by atoms with E-state index >= 15 is 0 Å². The molecule has 0 spiro atoms. The van der Waals surface area contributed by atoms with Gasteiger partial charge in [-0.05, 0) is 28.1 Å². The molecule has 0 aliphatic heterocycles. The van der Waals surface area contributed by atoms with E-state index in [1.54, 1.807) is 6.20 Å². The molecule has 0 amide bonds. The van der Waals surface area contributed by atoms with Crippen LogP contribution in [0.5, 0.6) is 0 Å². The van der Waals surface area contributed by atoms with Gasteiger partial charge in [0.05, 0.1) is 10.8 Å². The fourth-order valence-corrected chi connectivity index (χ4v) is 1.82. The summed E-state index contributed by atoms with van der Waals surface area (Å²) in [5, 5.41) is 0.618. The van der Waals surface area contributed by atoms with Crippen molar-refractivity contribution in [3.8, 4) is 0 Å². The first-order valence-electron chi connectivity index (χ1n) is 3.06. The summed E-state index contributed by atoms with van der Waals surface area (Å²) in [5.41, 5.74) is 0.851. The Hall–Kier alpha value is -0.540. The molecular formula is C7H4BrClN2. The molecular weight excluding hydrogens is 227 g/mol. The molecule has 2 rings (SSSR count). The van der Waals surface area contributed by atoms with Crippen molar-refractivity contribution in [1.82, 2.24) is 9.38 Å². The van der Waals surface area contributed by atoms with Crippen LogP contribution in [0.3, 0.4) is 0 Å². The van der Waals surface area contributed by atoms with E-state index in [-0.39, 0.29) is 0 Å². The summed E-state index contributed by atoms with van der Waals surface area (Å²) >= 11 is 9.21. The predicted molar refractivity (Wildman–Crippen MR) is 47.9 cm³/mol. The Morgan fingerprint density at radius 2 is 2.27 bits per heavy atom. The maximum atomic E-state index is 5.85. The molecule has 0 aromatic carbocycles. The fraction of sp³-hybridized carbons (Fsp3) is 0. The summed E-state index contributed by atoms with van der Waals surface area (Å²) in [4.78, 5) is 4.08. The van der Waals surface area contributed by atoms with Crippen molar-refractivity contribution in [1.29, 1.82) is 0 Å². The maximum absolute atomic E-state index is 5.85. The van der Waals surface area contributed by atoms with Gasteiger partial charge >= 0.3 is 0 Å². The highest BCUT2D eigenvalue weighted by molar-refractivity contribution is 9.10. The summed E-state index contributed by atoms with van der Waals surface area (Å²) in [6.45, 7) is 0. The summed E-state index contributed by atoms with van der Waals surface area (Å²) in [6, 6.07) is 5.74. The second kappa shape index (κ2) is 2.50. The Morgan fingerprint density at radius 3 is 3.00 bits per heavy atom. The van der Waals surface area contributed by atoms with Crippen LogP contribution in [0.25, 0.3) is 5.65 Å². The number of hydrogen-bond donors (Lipinski definition) is 0. The van der Waals surface area contributed by atoms with Gasteiger partial charge < -0.3 is 0 Å². The van der Waals surface area contributed by atoms with Crippen LogP contribution in [0.2, 0.25) is 5.15 Å². The number of nitrogens with zero attached hydrogens (tertiary/aromatic N) is 2. The van der Waals surface area contributed by atoms with Crippen molar-refractivity contribution in [3.05, 3.63) is 34.2 Å². The van der Waals surface area contributed by atoms with Crippen molar-refractivity contribution in [3.63, 3.8) is 0 Å². The molecule has 0 atom stereocenters. The zero-order chi connectivity index (χ0) is 7.84. The van der Waals surface area contributed by atoms with E-state index < -0.39 is 0 Å². The molecule has 0 saturated heterocycles. The standard InChI is InChI=1S/C7H4BrClN2/c8-5-2-1-3-7-10-4-6(9)11(5)7/h1-4H. The molecule has 0 aliphatic rings. The first-order chi connectivity index (χ1) is 5.29. The first kappa shape index (κ1) is 7.13. The molecule has 0 N–H and O–H groups in total. The van der Waals surface area contributed by atoms with E-state index in [0.717, 1.165) is 10.3 Å². The lowest BCUT2D eigenvalue weighted by molar-refractivity contribution is 1.14. The van der Waals surface area contributed by atoms with Gasteiger partial charge in [0.15, 0.2) is 0 Å². The van der Waals surface area contributed by atoms with E-state index in [2.05, 4.69) is 20.9 Å². The minimum absolute atomic E-state index is 0.618. The van der Waals surface area contributed by atoms with Gasteiger partial charge in [-0.2, -0.15) is 0 Å². The quantitative estimate of drug-likeness (QED) is 0.637. The van der Waals surface area contributed by atoms with Gasteiger partial charge in [0.1, 0.15) is 10.8 Å². The summed E-state index contributed by atoms with van der Waals surface area (Å²) < 4.78 is 2.74. The van der Waals surface area contributed by atoms with E-state index in [9.17, 15) is 0 Å². The molecule has 2 aromatic rings. The average Bonchev–Trinajstić information content (AvgIpc) is 2.34. The molecule has 0 bridgehead atoms. The highest BCUT2D eigenvalue weighted by Crippen LogP contribution is 2.18. The zero-order valence-corrected chi connectivity index (χ0v) is 7.80. The van der Waals surface area contributed by atoms with Crippen molar-refractivity contribution in [2.75, 3.05) is 0 Å². The number of pyridine rings is 1. The minimum Gasteiger partial charge on any atom is -0.277 e. The van der Waals surface area contributed by atoms with Gasteiger partial charge in [0.25, 0.3) is 0 Å². The molecule has 0 unspecified atom stereocenters. The Kier molecular flexibility index (Phi) is 1.62. The second-order valence-electron chi connectivity index (χ2n) is 2.12. The Morgan fingerprint density at radius 1 is 1.45 bits per heavy atom. The van der Waals surface area contributed by atoms with Crippen molar-refractivity contribution >= 4 is 33.2 Å². The van der Waals surface area contributed by atoms with Crippen LogP contribution in [0.4, 0.5) is 0 Å². The van der Waals surface area contributed by atoms with E-state index in [4.69, 9.17) is 11.6 Å². The van der Waals surface area contributed by atoms with Crippen molar-refractivity contribution in [2.45, 2.75) is 0 Å². The first-order valence-corrected chi connectivity index (χ1v) is 4.23. The van der Waals surface area contributed by atoms with Gasteiger partial charge in [-0.1, -0.05) is 17.7 Å². The molecule has 2 aromatic heterocycles. The van der Waals surface area contributed by atoms with Crippen LogP contribution in [0.1, 0.15) is 0 Å². The zero-order valence-electron chi connectivity index (χ0n) is 5.46. The fourth-order valence-electron chi connectivity index (χ4n) is 0.961. The third-order valence-electron chi connectivity index (χ3n) is 1.44. The van der Waals surface area contributed by atoms with Crippen LogP contribution in [0, 0.1) is 0 Å². The lowest BCUT2D eigenvalue weighted by Gasteiger charge is -1.96. The van der Waals surface area contributed by atoms with Gasteiger partial charge in [-0.15, -0.1) is 0 Å². The minimum atomic E-state index is 0.618. The number of halogens is 2. The lowest BCUT2D eigenvalue weighted by atomic mass is 10.5. The van der Waals surface area contributed by atoms with Crippen molar-refractivity contribution in [2.24, 2.45) is 0 Å². The van der Waals surface area contributed by atoms with Crippen molar-refractivity contribution < 1.29 is 0 Å². The van der Waals surface area contributed by atoms with Gasteiger partial charge in [-0.25, -0.2) is 4.98 Å². The van der Waals surface area contributed by atoms with Crippen LogP contribution < -0.4 is 0 Å².